The molecule has 88 valence electrons. The predicted octanol–water partition coefficient (Wildman–Crippen LogP) is 2.37. The van der Waals surface area contributed by atoms with E-state index in [1.807, 2.05) is 11.8 Å². The molecule has 1 aromatic rings. The van der Waals surface area contributed by atoms with E-state index < -0.39 is 0 Å². The topological polar surface area (TPSA) is 55.0 Å². The molecule has 1 aliphatic carbocycles. The van der Waals surface area contributed by atoms with Crippen LogP contribution in [0.4, 0.5) is 0 Å². The highest BCUT2D eigenvalue weighted by Crippen LogP contribution is 2.30. The molecule has 0 aliphatic heterocycles. The van der Waals surface area contributed by atoms with E-state index in [-0.39, 0.29) is 5.97 Å². The summed E-state index contributed by atoms with van der Waals surface area (Å²) in [6.07, 6.45) is 6.87. The molecule has 1 aromatic heterocycles. The Kier molecular flexibility index (Phi) is 3.88. The van der Waals surface area contributed by atoms with Crippen LogP contribution in [0.1, 0.15) is 42.0 Å². The summed E-state index contributed by atoms with van der Waals surface area (Å²) in [6.45, 7) is 0. The van der Waals surface area contributed by atoms with Crippen LogP contribution < -0.4 is 0 Å². The lowest BCUT2D eigenvalue weighted by Crippen LogP contribution is -2.01. The van der Waals surface area contributed by atoms with Gasteiger partial charge >= 0.3 is 5.97 Å². The third-order valence-electron chi connectivity index (χ3n) is 2.79. The first-order valence-corrected chi connectivity index (χ1v) is 6.58. The normalized spacial score (nSPS) is 16.6. The Morgan fingerprint density at radius 1 is 1.62 bits per heavy atom. The van der Waals surface area contributed by atoms with Crippen LogP contribution >= 0.6 is 11.8 Å². The van der Waals surface area contributed by atoms with Crippen molar-refractivity contribution in [2.24, 2.45) is 0 Å². The van der Waals surface area contributed by atoms with E-state index >= 15 is 0 Å². The van der Waals surface area contributed by atoms with Gasteiger partial charge in [-0.2, -0.15) is 11.8 Å². The van der Waals surface area contributed by atoms with Crippen molar-refractivity contribution in [2.75, 3.05) is 7.11 Å². The van der Waals surface area contributed by atoms with Gasteiger partial charge in [0.1, 0.15) is 11.5 Å². The number of rotatable bonds is 4. The molecule has 1 fully saturated rings. The van der Waals surface area contributed by atoms with E-state index in [2.05, 4.69) is 14.7 Å². The van der Waals surface area contributed by atoms with Crippen LogP contribution in [-0.2, 0) is 10.5 Å². The second kappa shape index (κ2) is 5.39. The summed E-state index contributed by atoms with van der Waals surface area (Å²) in [4.78, 5) is 18.3. The largest absolute Gasteiger partial charge is 0.464 e. The Labute approximate surface area is 99.2 Å². The summed E-state index contributed by atoms with van der Waals surface area (Å²) in [7, 11) is 1.37. The fourth-order valence-electron chi connectivity index (χ4n) is 1.90. The number of H-pyrrole nitrogens is 1. The number of hydrogen-bond donors (Lipinski definition) is 1. The van der Waals surface area contributed by atoms with Crippen LogP contribution in [0, 0.1) is 0 Å². The zero-order chi connectivity index (χ0) is 11.4. The van der Waals surface area contributed by atoms with E-state index in [1.54, 1.807) is 0 Å². The molecule has 1 N–H and O–H groups in total. The van der Waals surface area contributed by atoms with Gasteiger partial charge in [0.2, 0.25) is 0 Å². The molecule has 0 aromatic carbocycles. The summed E-state index contributed by atoms with van der Waals surface area (Å²) in [6, 6.07) is 0. The van der Waals surface area contributed by atoms with Crippen molar-refractivity contribution >= 4 is 17.7 Å². The number of nitrogens with one attached hydrogen (secondary N) is 1. The summed E-state index contributed by atoms with van der Waals surface area (Å²) in [5, 5.41) is 0.770. The third kappa shape index (κ3) is 2.78. The Morgan fingerprint density at radius 3 is 3.06 bits per heavy atom. The molecule has 0 amide bonds. The minimum absolute atomic E-state index is 0.357. The lowest BCUT2D eigenvalue weighted by Gasteiger charge is -2.05. The van der Waals surface area contributed by atoms with E-state index in [4.69, 9.17) is 0 Å². The van der Waals surface area contributed by atoms with Crippen molar-refractivity contribution in [1.82, 2.24) is 9.97 Å². The molecule has 16 heavy (non-hydrogen) atoms. The number of methoxy groups -OCH3 is 1. The van der Waals surface area contributed by atoms with E-state index in [9.17, 15) is 4.79 Å². The second-order valence-corrected chi connectivity index (χ2v) is 5.24. The minimum Gasteiger partial charge on any atom is -0.464 e. The van der Waals surface area contributed by atoms with Crippen molar-refractivity contribution in [2.45, 2.75) is 36.7 Å². The summed E-state index contributed by atoms with van der Waals surface area (Å²) in [5.74, 6) is 1.35. The fraction of sp³-hybridized carbons (Fsp3) is 0.636. The van der Waals surface area contributed by atoms with Crippen molar-refractivity contribution in [1.29, 1.82) is 0 Å². The Hall–Kier alpha value is -0.970. The quantitative estimate of drug-likeness (QED) is 0.821. The molecule has 1 saturated carbocycles. The molecule has 0 spiro atoms. The second-order valence-electron chi connectivity index (χ2n) is 3.95. The lowest BCUT2D eigenvalue weighted by atomic mass is 10.4. The van der Waals surface area contributed by atoms with Gasteiger partial charge in [0, 0.05) is 5.25 Å². The molecular weight excluding hydrogens is 224 g/mol. The Morgan fingerprint density at radius 2 is 2.38 bits per heavy atom. The number of esters is 1. The maximum atomic E-state index is 11.2. The fourth-order valence-corrected chi connectivity index (χ4v) is 3.11. The van der Waals surface area contributed by atoms with E-state index in [0.717, 1.165) is 16.8 Å². The van der Waals surface area contributed by atoms with Crippen LogP contribution in [0.15, 0.2) is 6.20 Å². The van der Waals surface area contributed by atoms with Gasteiger partial charge < -0.3 is 9.72 Å². The first kappa shape index (κ1) is 11.5. The molecule has 0 unspecified atom stereocenters. The smallest absolute Gasteiger partial charge is 0.356 e. The number of aromatic nitrogens is 2. The number of carbonyl (C=O) groups is 1. The van der Waals surface area contributed by atoms with E-state index in [0.29, 0.717) is 5.69 Å². The highest BCUT2D eigenvalue weighted by atomic mass is 32.2. The zero-order valence-corrected chi connectivity index (χ0v) is 10.2. The average molecular weight is 240 g/mol. The molecule has 0 bridgehead atoms. The average Bonchev–Trinajstić information content (AvgIpc) is 2.96. The van der Waals surface area contributed by atoms with Gasteiger partial charge in [0.15, 0.2) is 0 Å². The van der Waals surface area contributed by atoms with Gasteiger partial charge in [0.05, 0.1) is 19.1 Å². The number of carbonyl (C=O) groups excluding carboxylic acids is 1. The van der Waals surface area contributed by atoms with Crippen molar-refractivity contribution in [3.8, 4) is 0 Å². The summed E-state index contributed by atoms with van der Waals surface area (Å²) in [5.41, 5.74) is 0.435. The van der Waals surface area contributed by atoms with Gasteiger partial charge in [-0.15, -0.1) is 0 Å². The number of ether oxygens (including phenoxy) is 1. The molecule has 1 aliphatic rings. The lowest BCUT2D eigenvalue weighted by molar-refractivity contribution is 0.0594. The molecule has 0 radical (unpaired) electrons. The zero-order valence-electron chi connectivity index (χ0n) is 9.36. The third-order valence-corrected chi connectivity index (χ3v) is 4.17. The summed E-state index contributed by atoms with van der Waals surface area (Å²) >= 11 is 1.92. The van der Waals surface area contributed by atoms with Crippen molar-refractivity contribution in [3.05, 3.63) is 17.7 Å². The first-order valence-electron chi connectivity index (χ1n) is 5.53. The summed E-state index contributed by atoms with van der Waals surface area (Å²) < 4.78 is 4.61. The molecule has 5 heteroatoms. The van der Waals surface area contributed by atoms with Crippen molar-refractivity contribution < 1.29 is 9.53 Å². The van der Waals surface area contributed by atoms with Crippen LogP contribution in [0.25, 0.3) is 0 Å². The van der Waals surface area contributed by atoms with Crippen LogP contribution in [-0.4, -0.2) is 28.3 Å². The number of nitrogens with zero attached hydrogens (tertiary/aromatic N) is 1. The number of thioether (sulfide) groups is 1. The van der Waals surface area contributed by atoms with Gasteiger partial charge in [-0.1, -0.05) is 12.8 Å². The Bertz CT molecular complexity index is 359. The molecule has 4 nitrogen and oxygen atoms in total. The highest BCUT2D eigenvalue weighted by Gasteiger charge is 2.16. The monoisotopic (exact) mass is 240 g/mol. The predicted molar refractivity (Wildman–Crippen MR) is 63.5 cm³/mol. The first-order chi connectivity index (χ1) is 7.79. The highest BCUT2D eigenvalue weighted by molar-refractivity contribution is 7.99. The maximum Gasteiger partial charge on any atom is 0.356 e. The van der Waals surface area contributed by atoms with Crippen LogP contribution in [0.2, 0.25) is 0 Å². The van der Waals surface area contributed by atoms with Gasteiger partial charge in [-0.3, -0.25) is 0 Å². The molecule has 0 saturated heterocycles. The van der Waals surface area contributed by atoms with Gasteiger partial charge in [-0.05, 0) is 12.8 Å². The standard InChI is InChI=1S/C11H16N2O2S/c1-15-11(14)9-6-12-10(13-9)7-16-8-4-2-3-5-8/h6,8H,2-5,7H2,1H3,(H,12,13). The molecule has 0 atom stereocenters. The maximum absolute atomic E-state index is 11.2. The molecule has 1 heterocycles. The Balaban J connectivity index is 1.85. The van der Waals surface area contributed by atoms with Crippen molar-refractivity contribution in [3.63, 3.8) is 0 Å². The van der Waals surface area contributed by atoms with Crippen LogP contribution in [0.5, 0.6) is 0 Å². The molecular formula is C11H16N2O2S. The SMILES string of the molecule is COC(=O)c1cnc(CSC2CCCC2)[nH]1. The van der Waals surface area contributed by atoms with Gasteiger partial charge in [0.25, 0.3) is 0 Å². The number of aromatic amines is 1. The van der Waals surface area contributed by atoms with E-state index in [1.165, 1.54) is 39.0 Å². The number of imidazole rings is 1. The van der Waals surface area contributed by atoms with Crippen LogP contribution in [0.3, 0.4) is 0 Å². The molecule has 2 rings (SSSR count). The van der Waals surface area contributed by atoms with Gasteiger partial charge in [-0.25, -0.2) is 9.78 Å². The minimum atomic E-state index is -0.357. The number of hydrogen-bond acceptors (Lipinski definition) is 4.